The molecule has 0 aromatic carbocycles. The third-order valence-electron chi connectivity index (χ3n) is 3.68. The van der Waals surface area contributed by atoms with Crippen LogP contribution in [0.1, 0.15) is 37.9 Å². The van der Waals surface area contributed by atoms with Crippen LogP contribution in [0.5, 0.6) is 5.88 Å². The van der Waals surface area contributed by atoms with Crippen molar-refractivity contribution in [3.63, 3.8) is 0 Å². The van der Waals surface area contributed by atoms with Gasteiger partial charge >= 0.3 is 0 Å². The summed E-state index contributed by atoms with van der Waals surface area (Å²) >= 11 is 0. The van der Waals surface area contributed by atoms with E-state index in [0.717, 1.165) is 18.7 Å². The van der Waals surface area contributed by atoms with E-state index in [0.29, 0.717) is 18.2 Å². The highest BCUT2D eigenvalue weighted by atomic mass is 16.5. The lowest BCUT2D eigenvalue weighted by Crippen LogP contribution is -2.20. The first-order valence-corrected chi connectivity index (χ1v) is 7.37. The van der Waals surface area contributed by atoms with Gasteiger partial charge in [0.05, 0.1) is 18.9 Å². The molecule has 1 aliphatic carbocycles. The van der Waals surface area contributed by atoms with Gasteiger partial charge in [0.1, 0.15) is 24.1 Å². The molecule has 1 aliphatic rings. The van der Waals surface area contributed by atoms with E-state index in [9.17, 15) is 0 Å². The van der Waals surface area contributed by atoms with Crippen molar-refractivity contribution in [2.45, 2.75) is 44.8 Å². The number of hydrogen-bond acceptors (Lipinski definition) is 6. The van der Waals surface area contributed by atoms with Gasteiger partial charge in [-0.15, -0.1) is 0 Å². The van der Waals surface area contributed by atoms with Crippen LogP contribution in [-0.4, -0.2) is 30.8 Å². The second-order valence-electron chi connectivity index (χ2n) is 5.27. The summed E-state index contributed by atoms with van der Waals surface area (Å²) in [4.78, 5) is 12.8. The van der Waals surface area contributed by atoms with Crippen LogP contribution < -0.4 is 10.1 Å². The molecule has 1 fully saturated rings. The third kappa shape index (κ3) is 3.68. The van der Waals surface area contributed by atoms with Gasteiger partial charge in [0.2, 0.25) is 5.88 Å². The van der Waals surface area contributed by atoms with Crippen LogP contribution in [0.2, 0.25) is 0 Å². The van der Waals surface area contributed by atoms with E-state index >= 15 is 0 Å². The zero-order valence-electron chi connectivity index (χ0n) is 12.2. The Morgan fingerprint density at radius 3 is 2.90 bits per heavy atom. The topological polar surface area (TPSA) is 77.8 Å². The third-order valence-corrected chi connectivity index (χ3v) is 3.68. The van der Waals surface area contributed by atoms with Gasteiger partial charge in [0.15, 0.2) is 0 Å². The lowest BCUT2D eigenvalue weighted by Gasteiger charge is -2.22. The number of rotatable bonds is 5. The molecule has 2 aromatic rings. The maximum Gasteiger partial charge on any atom is 0.234 e. The van der Waals surface area contributed by atoms with Crippen molar-refractivity contribution in [3.05, 3.63) is 24.5 Å². The molecule has 0 amide bonds. The van der Waals surface area contributed by atoms with Crippen LogP contribution >= 0.6 is 0 Å². The monoisotopic (exact) mass is 288 g/mol. The van der Waals surface area contributed by atoms with E-state index in [4.69, 9.17) is 4.74 Å². The molecular weight excluding hydrogens is 268 g/mol. The summed E-state index contributed by atoms with van der Waals surface area (Å²) in [5.41, 5.74) is 0. The van der Waals surface area contributed by atoms with E-state index < -0.39 is 0 Å². The molecule has 3 rings (SSSR count). The van der Waals surface area contributed by atoms with Crippen molar-refractivity contribution in [1.29, 1.82) is 0 Å². The van der Waals surface area contributed by atoms with Gasteiger partial charge in [-0.05, 0) is 25.7 Å². The Hall–Kier alpha value is -2.18. The van der Waals surface area contributed by atoms with Crippen LogP contribution in [0, 0.1) is 0 Å². The lowest BCUT2D eigenvalue weighted by molar-refractivity contribution is 0.148. The number of anilines is 1. The van der Waals surface area contributed by atoms with Gasteiger partial charge in [0, 0.05) is 7.05 Å². The molecule has 7 heteroatoms. The number of nitrogens with one attached hydrogen (secondary N) is 1. The van der Waals surface area contributed by atoms with Crippen molar-refractivity contribution in [1.82, 2.24) is 24.7 Å². The Balaban J connectivity index is 1.58. The fourth-order valence-corrected chi connectivity index (χ4v) is 2.49. The Labute approximate surface area is 123 Å². The minimum Gasteiger partial charge on any atom is -0.473 e. The maximum atomic E-state index is 5.91. The van der Waals surface area contributed by atoms with Crippen LogP contribution in [-0.2, 0) is 13.6 Å². The zero-order valence-corrected chi connectivity index (χ0v) is 12.2. The van der Waals surface area contributed by atoms with Gasteiger partial charge in [0.25, 0.3) is 0 Å². The molecule has 2 aromatic heterocycles. The molecule has 112 valence electrons. The number of nitrogens with zero attached hydrogens (tertiary/aromatic N) is 5. The van der Waals surface area contributed by atoms with Gasteiger partial charge in [-0.3, -0.25) is 9.67 Å². The Kier molecular flexibility index (Phi) is 4.28. The molecule has 21 heavy (non-hydrogen) atoms. The van der Waals surface area contributed by atoms with Gasteiger partial charge in [-0.25, -0.2) is 4.98 Å². The molecule has 0 saturated heterocycles. The van der Waals surface area contributed by atoms with E-state index in [1.807, 2.05) is 7.05 Å². The first kappa shape index (κ1) is 13.8. The fraction of sp³-hybridized carbons (Fsp3) is 0.571. The molecule has 0 spiro atoms. The smallest absolute Gasteiger partial charge is 0.234 e. The number of hydrogen-bond donors (Lipinski definition) is 1. The normalized spacial score (nSPS) is 15.9. The summed E-state index contributed by atoms with van der Waals surface area (Å²) in [7, 11) is 1.86. The second kappa shape index (κ2) is 6.51. The molecule has 0 radical (unpaired) electrons. The van der Waals surface area contributed by atoms with Gasteiger partial charge in [-0.2, -0.15) is 10.1 Å². The van der Waals surface area contributed by atoms with Crippen LogP contribution in [0.25, 0.3) is 0 Å². The summed E-state index contributed by atoms with van der Waals surface area (Å²) in [6.45, 7) is 0.554. The SMILES string of the molecule is Cn1ncnc1CNc1cncc(OC2CCCCC2)n1. The standard InChI is InChI=1S/C14H20N6O/c1-20-13(17-10-18-20)8-16-12-7-15-9-14(19-12)21-11-5-3-2-4-6-11/h7,9-11H,2-6,8H2,1H3,(H,16,19). The molecule has 0 atom stereocenters. The highest BCUT2D eigenvalue weighted by Crippen LogP contribution is 2.22. The van der Waals surface area contributed by atoms with Crippen LogP contribution in [0.4, 0.5) is 5.82 Å². The zero-order chi connectivity index (χ0) is 14.5. The van der Waals surface area contributed by atoms with Crippen molar-refractivity contribution in [3.8, 4) is 5.88 Å². The molecule has 7 nitrogen and oxygen atoms in total. The average Bonchev–Trinajstić information content (AvgIpc) is 2.92. The van der Waals surface area contributed by atoms with E-state index in [2.05, 4.69) is 25.4 Å². The first-order chi connectivity index (χ1) is 10.3. The van der Waals surface area contributed by atoms with Gasteiger partial charge in [-0.1, -0.05) is 6.42 Å². The Morgan fingerprint density at radius 2 is 2.14 bits per heavy atom. The minimum atomic E-state index is 0.280. The Morgan fingerprint density at radius 1 is 1.29 bits per heavy atom. The summed E-state index contributed by atoms with van der Waals surface area (Å²) in [5, 5.41) is 7.22. The molecule has 1 saturated carbocycles. The molecule has 2 heterocycles. The predicted molar refractivity (Wildman–Crippen MR) is 77.9 cm³/mol. The average molecular weight is 288 g/mol. The van der Waals surface area contributed by atoms with Crippen molar-refractivity contribution in [2.24, 2.45) is 7.05 Å². The second-order valence-corrected chi connectivity index (χ2v) is 5.27. The predicted octanol–water partition coefficient (Wildman–Crippen LogP) is 1.93. The summed E-state index contributed by atoms with van der Waals surface area (Å²) in [5.74, 6) is 2.12. The molecular formula is C14H20N6O. The Bertz CT molecular complexity index is 578. The summed E-state index contributed by atoms with van der Waals surface area (Å²) in [6.07, 6.45) is 11.2. The van der Waals surface area contributed by atoms with Crippen molar-refractivity contribution >= 4 is 5.82 Å². The van der Waals surface area contributed by atoms with E-state index in [1.54, 1.807) is 17.1 Å². The van der Waals surface area contributed by atoms with E-state index in [-0.39, 0.29) is 6.10 Å². The summed E-state index contributed by atoms with van der Waals surface area (Å²) in [6, 6.07) is 0. The van der Waals surface area contributed by atoms with Gasteiger partial charge < -0.3 is 10.1 Å². The molecule has 0 aliphatic heterocycles. The number of aryl methyl sites for hydroxylation is 1. The number of ether oxygens (including phenoxy) is 1. The lowest BCUT2D eigenvalue weighted by atomic mass is 9.98. The van der Waals surface area contributed by atoms with Crippen molar-refractivity contribution < 1.29 is 4.74 Å². The minimum absolute atomic E-state index is 0.280. The maximum absolute atomic E-state index is 5.91. The highest BCUT2D eigenvalue weighted by Gasteiger charge is 2.15. The highest BCUT2D eigenvalue weighted by molar-refractivity contribution is 5.33. The van der Waals surface area contributed by atoms with Crippen molar-refractivity contribution in [2.75, 3.05) is 5.32 Å². The van der Waals surface area contributed by atoms with Crippen LogP contribution in [0.3, 0.4) is 0 Å². The molecule has 0 bridgehead atoms. The molecule has 0 unspecified atom stereocenters. The van der Waals surface area contributed by atoms with Crippen LogP contribution in [0.15, 0.2) is 18.7 Å². The summed E-state index contributed by atoms with van der Waals surface area (Å²) < 4.78 is 7.63. The fourth-order valence-electron chi connectivity index (χ4n) is 2.49. The molecule has 1 N–H and O–H groups in total. The number of aromatic nitrogens is 5. The van der Waals surface area contributed by atoms with E-state index in [1.165, 1.54) is 25.6 Å². The quantitative estimate of drug-likeness (QED) is 0.905. The first-order valence-electron chi connectivity index (χ1n) is 7.37. The largest absolute Gasteiger partial charge is 0.473 e.